The van der Waals surface area contributed by atoms with Crippen LogP contribution in [0.25, 0.3) is 0 Å². The van der Waals surface area contributed by atoms with E-state index < -0.39 is 0 Å². The van der Waals surface area contributed by atoms with E-state index in [-0.39, 0.29) is 0 Å². The van der Waals surface area contributed by atoms with Gasteiger partial charge < -0.3 is 5.73 Å². The van der Waals surface area contributed by atoms with Gasteiger partial charge in [-0.15, -0.1) is 0 Å². The van der Waals surface area contributed by atoms with E-state index in [9.17, 15) is 0 Å². The lowest BCUT2D eigenvalue weighted by molar-refractivity contribution is 0.0849. The number of likely N-dealkylation sites (tertiary alicyclic amines) is 1. The highest BCUT2D eigenvalue weighted by molar-refractivity contribution is 4.92. The molecule has 1 aliphatic carbocycles. The Bertz CT molecular complexity index is 126. The van der Waals surface area contributed by atoms with Crippen molar-refractivity contribution in [2.45, 2.75) is 31.7 Å². The lowest BCUT2D eigenvalue weighted by Gasteiger charge is -2.39. The van der Waals surface area contributed by atoms with E-state index in [1.165, 1.54) is 38.8 Å². The SMILES string of the molecule is NCCCC1CN(C2CC2)C1. The summed E-state index contributed by atoms with van der Waals surface area (Å²) in [5.41, 5.74) is 5.45. The van der Waals surface area contributed by atoms with E-state index in [4.69, 9.17) is 5.73 Å². The molecule has 0 unspecified atom stereocenters. The smallest absolute Gasteiger partial charge is 0.00966 e. The van der Waals surface area contributed by atoms with Crippen LogP contribution in [-0.4, -0.2) is 30.6 Å². The van der Waals surface area contributed by atoms with Gasteiger partial charge in [-0.1, -0.05) is 0 Å². The van der Waals surface area contributed by atoms with Gasteiger partial charge in [-0.05, 0) is 38.1 Å². The van der Waals surface area contributed by atoms with Gasteiger partial charge in [0.05, 0.1) is 0 Å². The number of hydrogen-bond donors (Lipinski definition) is 1. The number of nitrogens with two attached hydrogens (primary N) is 1. The molecule has 1 heterocycles. The van der Waals surface area contributed by atoms with Crippen LogP contribution in [0.4, 0.5) is 0 Å². The van der Waals surface area contributed by atoms with Gasteiger partial charge in [-0.2, -0.15) is 0 Å². The van der Waals surface area contributed by atoms with E-state index in [0.29, 0.717) is 0 Å². The molecule has 0 spiro atoms. The van der Waals surface area contributed by atoms with E-state index >= 15 is 0 Å². The Balaban J connectivity index is 1.56. The van der Waals surface area contributed by atoms with Crippen molar-refractivity contribution in [1.29, 1.82) is 0 Å². The topological polar surface area (TPSA) is 29.3 Å². The number of rotatable bonds is 4. The van der Waals surface area contributed by atoms with Gasteiger partial charge in [-0.25, -0.2) is 0 Å². The fraction of sp³-hybridized carbons (Fsp3) is 1.00. The molecule has 0 aromatic carbocycles. The molecule has 1 saturated carbocycles. The quantitative estimate of drug-likeness (QED) is 0.649. The first-order valence-electron chi connectivity index (χ1n) is 4.84. The van der Waals surface area contributed by atoms with Crippen molar-refractivity contribution in [3.63, 3.8) is 0 Å². The van der Waals surface area contributed by atoms with E-state index in [1.807, 2.05) is 0 Å². The molecule has 64 valence electrons. The van der Waals surface area contributed by atoms with E-state index in [2.05, 4.69) is 4.90 Å². The van der Waals surface area contributed by atoms with Gasteiger partial charge in [0.1, 0.15) is 0 Å². The van der Waals surface area contributed by atoms with Crippen LogP contribution < -0.4 is 5.73 Å². The lowest BCUT2D eigenvalue weighted by atomic mass is 9.94. The second-order valence-electron chi connectivity index (χ2n) is 3.98. The van der Waals surface area contributed by atoms with Gasteiger partial charge >= 0.3 is 0 Å². The average molecular weight is 154 g/mol. The predicted octanol–water partition coefficient (Wildman–Crippen LogP) is 0.820. The molecule has 1 aliphatic heterocycles. The van der Waals surface area contributed by atoms with Crippen molar-refractivity contribution in [3.8, 4) is 0 Å². The Hall–Kier alpha value is -0.0800. The summed E-state index contributed by atoms with van der Waals surface area (Å²) in [4.78, 5) is 2.63. The molecule has 0 radical (unpaired) electrons. The molecule has 0 bridgehead atoms. The van der Waals surface area contributed by atoms with Crippen LogP contribution in [0.2, 0.25) is 0 Å². The molecule has 0 atom stereocenters. The molecule has 11 heavy (non-hydrogen) atoms. The third kappa shape index (κ3) is 1.74. The largest absolute Gasteiger partial charge is 0.330 e. The van der Waals surface area contributed by atoms with Crippen LogP contribution in [-0.2, 0) is 0 Å². The van der Waals surface area contributed by atoms with Gasteiger partial charge in [0.15, 0.2) is 0 Å². The van der Waals surface area contributed by atoms with Crippen LogP contribution in [0.5, 0.6) is 0 Å². The number of nitrogens with zero attached hydrogens (tertiary/aromatic N) is 1. The summed E-state index contributed by atoms with van der Waals surface area (Å²) in [5, 5.41) is 0. The van der Waals surface area contributed by atoms with Crippen molar-refractivity contribution in [1.82, 2.24) is 4.90 Å². The minimum Gasteiger partial charge on any atom is -0.330 e. The monoisotopic (exact) mass is 154 g/mol. The second kappa shape index (κ2) is 3.11. The molecule has 2 fully saturated rings. The summed E-state index contributed by atoms with van der Waals surface area (Å²) < 4.78 is 0. The minimum atomic E-state index is 0.875. The summed E-state index contributed by atoms with van der Waals surface area (Å²) >= 11 is 0. The normalized spacial score (nSPS) is 27.0. The third-order valence-electron chi connectivity index (χ3n) is 2.87. The van der Waals surface area contributed by atoms with Crippen molar-refractivity contribution >= 4 is 0 Å². The Labute approximate surface area is 68.7 Å². The summed E-state index contributed by atoms with van der Waals surface area (Å²) in [5.74, 6) is 0.985. The third-order valence-corrected chi connectivity index (χ3v) is 2.87. The molecule has 2 N–H and O–H groups in total. The highest BCUT2D eigenvalue weighted by Crippen LogP contribution is 2.33. The summed E-state index contributed by atoms with van der Waals surface area (Å²) in [6, 6.07) is 0.990. The van der Waals surface area contributed by atoms with Gasteiger partial charge in [-0.3, -0.25) is 4.90 Å². The Morgan fingerprint density at radius 1 is 1.27 bits per heavy atom. The molecule has 0 aromatic rings. The highest BCUT2D eigenvalue weighted by Gasteiger charge is 2.37. The molecule has 2 aliphatic rings. The maximum Gasteiger partial charge on any atom is 0.00966 e. The van der Waals surface area contributed by atoms with Crippen LogP contribution in [0.1, 0.15) is 25.7 Å². The molecule has 1 saturated heterocycles. The van der Waals surface area contributed by atoms with Crippen LogP contribution in [0, 0.1) is 5.92 Å². The summed E-state index contributed by atoms with van der Waals surface area (Å²) in [7, 11) is 0. The van der Waals surface area contributed by atoms with Crippen molar-refractivity contribution < 1.29 is 0 Å². The summed E-state index contributed by atoms with van der Waals surface area (Å²) in [6.45, 7) is 3.61. The maximum absolute atomic E-state index is 5.45. The molecule has 0 aromatic heterocycles. The predicted molar refractivity (Wildman–Crippen MR) is 46.4 cm³/mol. The zero-order valence-corrected chi connectivity index (χ0v) is 7.13. The molecular weight excluding hydrogens is 136 g/mol. The molecular formula is C9H18N2. The summed E-state index contributed by atoms with van der Waals surface area (Å²) in [6.07, 6.45) is 5.51. The van der Waals surface area contributed by atoms with Gasteiger partial charge in [0, 0.05) is 19.1 Å². The zero-order valence-electron chi connectivity index (χ0n) is 7.13. The number of hydrogen-bond acceptors (Lipinski definition) is 2. The van der Waals surface area contributed by atoms with Crippen molar-refractivity contribution in [2.75, 3.05) is 19.6 Å². The van der Waals surface area contributed by atoms with E-state index in [0.717, 1.165) is 18.5 Å². The van der Waals surface area contributed by atoms with Crippen molar-refractivity contribution in [2.24, 2.45) is 11.7 Å². The lowest BCUT2D eigenvalue weighted by Crippen LogP contribution is -2.47. The fourth-order valence-electron chi connectivity index (χ4n) is 1.94. The Morgan fingerprint density at radius 2 is 2.00 bits per heavy atom. The van der Waals surface area contributed by atoms with Crippen LogP contribution in [0.3, 0.4) is 0 Å². The first-order valence-corrected chi connectivity index (χ1v) is 4.84. The Morgan fingerprint density at radius 3 is 2.55 bits per heavy atom. The molecule has 0 amide bonds. The van der Waals surface area contributed by atoms with Crippen LogP contribution in [0.15, 0.2) is 0 Å². The Kier molecular flexibility index (Phi) is 2.14. The first kappa shape index (κ1) is 7.56. The van der Waals surface area contributed by atoms with E-state index in [1.54, 1.807) is 0 Å². The average Bonchev–Trinajstić information content (AvgIpc) is 2.68. The van der Waals surface area contributed by atoms with Gasteiger partial charge in [0.2, 0.25) is 0 Å². The fourth-order valence-corrected chi connectivity index (χ4v) is 1.94. The molecule has 2 heteroatoms. The standard InChI is InChI=1S/C9H18N2/c10-5-1-2-8-6-11(7-8)9-3-4-9/h8-9H,1-7,10H2. The maximum atomic E-state index is 5.45. The second-order valence-corrected chi connectivity index (χ2v) is 3.98. The van der Waals surface area contributed by atoms with Crippen molar-refractivity contribution in [3.05, 3.63) is 0 Å². The highest BCUT2D eigenvalue weighted by atomic mass is 15.2. The zero-order chi connectivity index (χ0) is 7.68. The first-order chi connectivity index (χ1) is 5.40. The minimum absolute atomic E-state index is 0.875. The molecule has 2 rings (SSSR count). The molecule has 2 nitrogen and oxygen atoms in total. The van der Waals surface area contributed by atoms with Crippen LogP contribution >= 0.6 is 0 Å². The van der Waals surface area contributed by atoms with Gasteiger partial charge in [0.25, 0.3) is 0 Å².